The van der Waals surface area contributed by atoms with Crippen molar-refractivity contribution in [2.75, 3.05) is 6.54 Å². The minimum absolute atomic E-state index is 0.109. The summed E-state index contributed by atoms with van der Waals surface area (Å²) in [4.78, 5) is 16.5. The molecule has 2 aromatic rings. The number of aromatic nitrogens is 2. The van der Waals surface area contributed by atoms with Gasteiger partial charge in [-0.1, -0.05) is 11.6 Å². The maximum atomic E-state index is 12.3. The molecule has 1 aliphatic heterocycles. The average molecular weight is 291 g/mol. The molecular formula is C14H15ClN4O. The second-order valence-electron chi connectivity index (χ2n) is 5.65. The van der Waals surface area contributed by atoms with Gasteiger partial charge in [-0.2, -0.15) is 0 Å². The molecule has 6 heteroatoms. The number of nitrogens with zero attached hydrogens (tertiary/aromatic N) is 2. The number of piperidine rings is 1. The topological polar surface area (TPSA) is 58.4 Å². The van der Waals surface area contributed by atoms with E-state index in [-0.39, 0.29) is 11.9 Å². The molecule has 2 N–H and O–H groups in total. The summed E-state index contributed by atoms with van der Waals surface area (Å²) in [6, 6.07) is 4.38. The van der Waals surface area contributed by atoms with Crippen molar-refractivity contribution in [1.82, 2.24) is 20.0 Å². The number of halogens is 1. The Morgan fingerprint density at radius 3 is 3.15 bits per heavy atom. The number of rotatable bonds is 2. The second-order valence-corrected chi connectivity index (χ2v) is 6.05. The van der Waals surface area contributed by atoms with E-state index in [1.54, 1.807) is 22.9 Å². The van der Waals surface area contributed by atoms with E-state index in [2.05, 4.69) is 15.6 Å². The van der Waals surface area contributed by atoms with Crippen LogP contribution < -0.4 is 10.6 Å². The van der Waals surface area contributed by atoms with Gasteiger partial charge in [0.25, 0.3) is 5.91 Å². The fraction of sp³-hybridized carbons (Fsp3) is 0.429. The lowest BCUT2D eigenvalue weighted by Crippen LogP contribution is -2.44. The fourth-order valence-corrected chi connectivity index (χ4v) is 3.56. The van der Waals surface area contributed by atoms with E-state index in [9.17, 15) is 4.79 Å². The van der Waals surface area contributed by atoms with E-state index in [1.165, 1.54) is 6.42 Å². The van der Waals surface area contributed by atoms with E-state index in [1.807, 2.05) is 6.20 Å². The van der Waals surface area contributed by atoms with Gasteiger partial charge in [-0.05, 0) is 30.9 Å². The van der Waals surface area contributed by atoms with Gasteiger partial charge in [-0.3, -0.25) is 4.79 Å². The van der Waals surface area contributed by atoms with Crippen LogP contribution in [0.5, 0.6) is 0 Å². The van der Waals surface area contributed by atoms with Crippen LogP contribution in [0.4, 0.5) is 0 Å². The fourth-order valence-electron chi connectivity index (χ4n) is 3.35. The smallest absolute Gasteiger partial charge is 0.270 e. The summed E-state index contributed by atoms with van der Waals surface area (Å²) in [7, 11) is 0. The van der Waals surface area contributed by atoms with Crippen LogP contribution in [-0.2, 0) is 0 Å². The monoisotopic (exact) mass is 290 g/mol. The molecule has 0 aromatic carbocycles. The van der Waals surface area contributed by atoms with Gasteiger partial charge in [0.2, 0.25) is 0 Å². The molecule has 0 radical (unpaired) electrons. The first kappa shape index (κ1) is 12.2. The van der Waals surface area contributed by atoms with Crippen molar-refractivity contribution in [3.63, 3.8) is 0 Å². The Bertz CT molecular complexity index is 683. The van der Waals surface area contributed by atoms with Gasteiger partial charge in [-0.25, -0.2) is 4.98 Å². The van der Waals surface area contributed by atoms with Crippen LogP contribution in [0.1, 0.15) is 23.3 Å². The molecule has 1 saturated carbocycles. The first-order chi connectivity index (χ1) is 9.70. The van der Waals surface area contributed by atoms with Crippen LogP contribution in [0, 0.1) is 5.92 Å². The average Bonchev–Trinajstić information content (AvgIpc) is 3.15. The van der Waals surface area contributed by atoms with Crippen LogP contribution in [0.3, 0.4) is 0 Å². The molecule has 1 aliphatic carbocycles. The Kier molecular flexibility index (Phi) is 2.72. The van der Waals surface area contributed by atoms with E-state index >= 15 is 0 Å². The Morgan fingerprint density at radius 2 is 2.40 bits per heavy atom. The molecule has 1 amide bonds. The number of nitrogens with one attached hydrogen (secondary N) is 2. The SMILES string of the molecule is O=C(NC1CC2CC1CN2)c1cc2c(Cl)ccn2cn1. The third-order valence-corrected chi connectivity index (χ3v) is 4.73. The minimum Gasteiger partial charge on any atom is -0.348 e. The lowest BCUT2D eigenvalue weighted by molar-refractivity contribution is 0.0920. The Balaban J connectivity index is 1.56. The molecular weight excluding hydrogens is 276 g/mol. The quantitative estimate of drug-likeness (QED) is 0.880. The zero-order valence-corrected chi connectivity index (χ0v) is 11.6. The number of carbonyl (C=O) groups is 1. The molecule has 104 valence electrons. The highest BCUT2D eigenvalue weighted by Gasteiger charge is 2.40. The van der Waals surface area contributed by atoms with Crippen LogP contribution in [0.15, 0.2) is 24.7 Å². The maximum absolute atomic E-state index is 12.3. The van der Waals surface area contributed by atoms with Gasteiger partial charge in [0, 0.05) is 24.8 Å². The Labute approximate surface area is 121 Å². The largest absolute Gasteiger partial charge is 0.348 e. The number of hydrogen-bond acceptors (Lipinski definition) is 3. The first-order valence-electron chi connectivity index (χ1n) is 6.87. The maximum Gasteiger partial charge on any atom is 0.270 e. The summed E-state index contributed by atoms with van der Waals surface area (Å²) in [6.07, 6.45) is 5.64. The molecule has 5 nitrogen and oxygen atoms in total. The van der Waals surface area contributed by atoms with Crippen LogP contribution >= 0.6 is 11.6 Å². The zero-order valence-electron chi connectivity index (χ0n) is 10.8. The standard InChI is InChI=1S/C14H15ClN4O/c15-10-1-2-19-7-17-12(5-13(10)19)14(20)18-11-4-9-3-8(11)6-16-9/h1-2,5,7-9,11,16H,3-4,6H2,(H,18,20). The van der Waals surface area contributed by atoms with Gasteiger partial charge in [0.15, 0.2) is 0 Å². The molecule has 1 saturated heterocycles. The van der Waals surface area contributed by atoms with Crippen LogP contribution in [0.2, 0.25) is 5.02 Å². The Hall–Kier alpha value is -1.59. The third kappa shape index (κ3) is 1.89. The molecule has 2 bridgehead atoms. The predicted molar refractivity (Wildman–Crippen MR) is 76.0 cm³/mol. The van der Waals surface area contributed by atoms with E-state index in [0.29, 0.717) is 22.7 Å². The normalized spacial score (nSPS) is 28.1. The predicted octanol–water partition coefficient (Wildman–Crippen LogP) is 1.47. The molecule has 2 aromatic heterocycles. The highest BCUT2D eigenvalue weighted by atomic mass is 35.5. The number of hydrogen-bond donors (Lipinski definition) is 2. The minimum atomic E-state index is -0.109. The molecule has 4 rings (SSSR count). The molecule has 20 heavy (non-hydrogen) atoms. The van der Waals surface area contributed by atoms with Gasteiger partial charge < -0.3 is 15.0 Å². The summed E-state index contributed by atoms with van der Waals surface area (Å²) < 4.78 is 1.81. The van der Waals surface area contributed by atoms with E-state index in [0.717, 1.165) is 18.5 Å². The molecule has 3 atom stereocenters. The van der Waals surface area contributed by atoms with E-state index in [4.69, 9.17) is 11.6 Å². The van der Waals surface area contributed by atoms with E-state index < -0.39 is 0 Å². The van der Waals surface area contributed by atoms with Gasteiger partial charge in [-0.15, -0.1) is 0 Å². The molecule has 2 aliphatic rings. The van der Waals surface area contributed by atoms with Crippen molar-refractivity contribution in [1.29, 1.82) is 0 Å². The van der Waals surface area contributed by atoms with Gasteiger partial charge in [0.1, 0.15) is 12.0 Å². The highest BCUT2D eigenvalue weighted by molar-refractivity contribution is 6.34. The number of carbonyl (C=O) groups excluding carboxylic acids is 1. The number of fused-ring (bicyclic) bond motifs is 3. The van der Waals surface area contributed by atoms with Gasteiger partial charge in [0.05, 0.1) is 10.5 Å². The van der Waals surface area contributed by atoms with Crippen LogP contribution in [-0.4, -0.2) is 33.9 Å². The second kappa shape index (κ2) is 4.46. The molecule has 2 fully saturated rings. The van der Waals surface area contributed by atoms with Crippen molar-refractivity contribution < 1.29 is 4.79 Å². The lowest BCUT2D eigenvalue weighted by Gasteiger charge is -2.23. The van der Waals surface area contributed by atoms with Crippen molar-refractivity contribution in [3.8, 4) is 0 Å². The van der Waals surface area contributed by atoms with Crippen molar-refractivity contribution in [3.05, 3.63) is 35.4 Å². The van der Waals surface area contributed by atoms with Crippen molar-refractivity contribution >= 4 is 23.0 Å². The summed E-state index contributed by atoms with van der Waals surface area (Å²) in [5.74, 6) is 0.451. The molecule has 3 heterocycles. The van der Waals surface area contributed by atoms with Crippen LogP contribution in [0.25, 0.3) is 5.52 Å². The van der Waals surface area contributed by atoms with Crippen molar-refractivity contribution in [2.45, 2.75) is 24.9 Å². The molecule has 0 spiro atoms. The summed E-state index contributed by atoms with van der Waals surface area (Å²) in [5, 5.41) is 7.18. The summed E-state index contributed by atoms with van der Waals surface area (Å²) in [5.41, 5.74) is 1.23. The molecule has 3 unspecified atom stereocenters. The number of amides is 1. The third-order valence-electron chi connectivity index (χ3n) is 4.41. The zero-order chi connectivity index (χ0) is 13.7. The Morgan fingerprint density at radius 1 is 1.50 bits per heavy atom. The summed E-state index contributed by atoms with van der Waals surface area (Å²) >= 11 is 6.08. The van der Waals surface area contributed by atoms with Gasteiger partial charge >= 0.3 is 0 Å². The summed E-state index contributed by atoms with van der Waals surface area (Å²) in [6.45, 7) is 1.01. The first-order valence-corrected chi connectivity index (χ1v) is 7.25. The highest BCUT2D eigenvalue weighted by Crippen LogP contribution is 2.31. The van der Waals surface area contributed by atoms with Crippen molar-refractivity contribution in [2.24, 2.45) is 5.92 Å². The lowest BCUT2D eigenvalue weighted by atomic mass is 10.0.